The molecule has 0 fully saturated rings. The monoisotopic (exact) mass is 322 g/mol. The molecule has 0 saturated carbocycles. The molecule has 0 saturated heterocycles. The van der Waals surface area contributed by atoms with Crippen LogP contribution in [0.2, 0.25) is 0 Å². The number of carbonyl (C=O) groups excluding carboxylic acids is 1. The molecule has 1 aromatic heterocycles. The van der Waals surface area contributed by atoms with Gasteiger partial charge in [-0.2, -0.15) is 0 Å². The quantitative estimate of drug-likeness (QED) is 0.813. The maximum atomic E-state index is 13.0. The summed E-state index contributed by atoms with van der Waals surface area (Å²) >= 11 is 0. The van der Waals surface area contributed by atoms with Crippen LogP contribution in [0.15, 0.2) is 42.7 Å². The molecule has 0 spiro atoms. The van der Waals surface area contributed by atoms with Crippen LogP contribution in [0.4, 0.5) is 8.78 Å². The second kappa shape index (κ2) is 8.19. The van der Waals surface area contributed by atoms with E-state index in [-0.39, 0.29) is 31.4 Å². The average Bonchev–Trinajstić information content (AvgIpc) is 2.53. The van der Waals surface area contributed by atoms with Crippen molar-refractivity contribution in [3.8, 4) is 5.75 Å². The molecule has 2 rings (SSSR count). The number of halogens is 2. The molecule has 0 aliphatic carbocycles. The first-order valence-corrected chi connectivity index (χ1v) is 6.95. The van der Waals surface area contributed by atoms with Crippen molar-refractivity contribution in [2.24, 2.45) is 0 Å². The van der Waals surface area contributed by atoms with Gasteiger partial charge in [0.15, 0.2) is 6.61 Å². The molecule has 2 N–H and O–H groups in total. The van der Waals surface area contributed by atoms with Crippen molar-refractivity contribution in [1.29, 1.82) is 0 Å². The predicted molar refractivity (Wildman–Crippen MR) is 78.9 cm³/mol. The molecule has 0 aliphatic rings. The lowest BCUT2D eigenvalue weighted by Gasteiger charge is -2.15. The Morgan fingerprint density at radius 1 is 1.30 bits per heavy atom. The van der Waals surface area contributed by atoms with Gasteiger partial charge in [0.25, 0.3) is 5.91 Å². The van der Waals surface area contributed by atoms with Crippen LogP contribution in [-0.2, 0) is 4.79 Å². The zero-order valence-electron chi connectivity index (χ0n) is 12.2. The van der Waals surface area contributed by atoms with E-state index in [4.69, 9.17) is 4.74 Å². The number of nitrogens with one attached hydrogen (secondary N) is 1. The summed E-state index contributed by atoms with van der Waals surface area (Å²) in [4.78, 5) is 15.7. The van der Waals surface area contributed by atoms with Gasteiger partial charge in [0.05, 0.1) is 6.61 Å². The number of rotatable bonds is 7. The van der Waals surface area contributed by atoms with Gasteiger partial charge in [0.2, 0.25) is 0 Å². The molecule has 1 amide bonds. The highest BCUT2D eigenvalue weighted by molar-refractivity contribution is 5.77. The van der Waals surface area contributed by atoms with E-state index in [1.165, 1.54) is 0 Å². The van der Waals surface area contributed by atoms with Crippen LogP contribution >= 0.6 is 0 Å². The second-order valence-corrected chi connectivity index (χ2v) is 4.86. The molecule has 1 atom stereocenters. The van der Waals surface area contributed by atoms with Gasteiger partial charge in [0, 0.05) is 43.1 Å². The van der Waals surface area contributed by atoms with Crippen LogP contribution in [0, 0.1) is 11.6 Å². The fourth-order valence-corrected chi connectivity index (χ4v) is 1.95. The van der Waals surface area contributed by atoms with E-state index < -0.39 is 17.5 Å². The number of hydrogen-bond acceptors (Lipinski definition) is 4. The Labute approximate surface area is 131 Å². The maximum absolute atomic E-state index is 13.0. The van der Waals surface area contributed by atoms with Crippen LogP contribution in [0.1, 0.15) is 11.5 Å². The number of aliphatic hydroxyl groups excluding tert-OH is 1. The number of amides is 1. The standard InChI is InChI=1S/C16H16F2N2O3/c17-13-4-14(18)6-15(5-13)23-10-16(22)20-8-12(9-21)11-2-1-3-19-7-11/h1-7,12,21H,8-10H2,(H,20,22)/t12-/m0/s1. The molecule has 1 heterocycles. The van der Waals surface area contributed by atoms with Gasteiger partial charge < -0.3 is 15.2 Å². The van der Waals surface area contributed by atoms with Crippen molar-refractivity contribution >= 4 is 5.91 Å². The maximum Gasteiger partial charge on any atom is 0.257 e. The Bertz CT molecular complexity index is 633. The molecule has 1 aromatic carbocycles. The molecule has 0 bridgehead atoms. The zero-order valence-corrected chi connectivity index (χ0v) is 12.2. The van der Waals surface area contributed by atoms with Crippen molar-refractivity contribution in [1.82, 2.24) is 10.3 Å². The van der Waals surface area contributed by atoms with E-state index in [9.17, 15) is 18.7 Å². The van der Waals surface area contributed by atoms with Crippen molar-refractivity contribution in [3.63, 3.8) is 0 Å². The van der Waals surface area contributed by atoms with Gasteiger partial charge in [-0.25, -0.2) is 8.78 Å². The van der Waals surface area contributed by atoms with E-state index in [1.54, 1.807) is 24.5 Å². The Balaban J connectivity index is 1.82. The fourth-order valence-electron chi connectivity index (χ4n) is 1.95. The second-order valence-electron chi connectivity index (χ2n) is 4.86. The summed E-state index contributed by atoms with van der Waals surface area (Å²) in [5.74, 6) is -2.38. The number of hydrogen-bond donors (Lipinski definition) is 2. The number of ether oxygens (including phenoxy) is 1. The lowest BCUT2D eigenvalue weighted by atomic mass is 10.0. The van der Waals surface area contributed by atoms with Crippen LogP contribution in [0.25, 0.3) is 0 Å². The summed E-state index contributed by atoms with van der Waals surface area (Å²) in [6.07, 6.45) is 3.22. The summed E-state index contributed by atoms with van der Waals surface area (Å²) in [7, 11) is 0. The number of aromatic nitrogens is 1. The molecule has 122 valence electrons. The number of pyridine rings is 1. The number of aliphatic hydroxyl groups is 1. The summed E-state index contributed by atoms with van der Waals surface area (Å²) in [6, 6.07) is 6.23. The summed E-state index contributed by atoms with van der Waals surface area (Å²) in [5, 5.41) is 12.0. The van der Waals surface area contributed by atoms with Crippen LogP contribution in [-0.4, -0.2) is 35.8 Å². The average molecular weight is 322 g/mol. The minimum Gasteiger partial charge on any atom is -0.484 e. The van der Waals surface area contributed by atoms with Gasteiger partial charge in [-0.15, -0.1) is 0 Å². The topological polar surface area (TPSA) is 71.5 Å². The third-order valence-corrected chi connectivity index (χ3v) is 3.13. The first-order chi connectivity index (χ1) is 11.1. The van der Waals surface area contributed by atoms with Crippen molar-refractivity contribution in [2.45, 2.75) is 5.92 Å². The lowest BCUT2D eigenvalue weighted by molar-refractivity contribution is -0.123. The molecule has 23 heavy (non-hydrogen) atoms. The highest BCUT2D eigenvalue weighted by Gasteiger charge is 2.12. The van der Waals surface area contributed by atoms with Crippen LogP contribution < -0.4 is 10.1 Å². The molecule has 5 nitrogen and oxygen atoms in total. The van der Waals surface area contributed by atoms with Gasteiger partial charge in [-0.1, -0.05) is 6.07 Å². The molecular weight excluding hydrogens is 306 g/mol. The van der Waals surface area contributed by atoms with E-state index in [2.05, 4.69) is 10.3 Å². The van der Waals surface area contributed by atoms with E-state index in [1.807, 2.05) is 0 Å². The van der Waals surface area contributed by atoms with Gasteiger partial charge in [-0.3, -0.25) is 9.78 Å². The minimum atomic E-state index is -0.780. The fraction of sp³-hybridized carbons (Fsp3) is 0.250. The summed E-state index contributed by atoms with van der Waals surface area (Å²) in [6.45, 7) is -0.335. The Morgan fingerprint density at radius 3 is 2.65 bits per heavy atom. The highest BCUT2D eigenvalue weighted by Crippen LogP contribution is 2.15. The number of carbonyl (C=O) groups is 1. The first kappa shape index (κ1) is 16.8. The third kappa shape index (κ3) is 5.30. The number of nitrogens with zero attached hydrogens (tertiary/aromatic N) is 1. The Hall–Kier alpha value is -2.54. The molecule has 7 heteroatoms. The highest BCUT2D eigenvalue weighted by atomic mass is 19.1. The number of benzene rings is 1. The molecule has 2 aromatic rings. The van der Waals surface area contributed by atoms with Crippen molar-refractivity contribution in [2.75, 3.05) is 19.8 Å². The Morgan fingerprint density at radius 2 is 2.04 bits per heavy atom. The van der Waals surface area contributed by atoms with E-state index in [0.29, 0.717) is 6.07 Å². The summed E-state index contributed by atoms with van der Waals surface area (Å²) in [5.41, 5.74) is 0.795. The molecule has 0 unspecified atom stereocenters. The molecule has 0 aliphatic heterocycles. The van der Waals surface area contributed by atoms with Gasteiger partial charge in [0.1, 0.15) is 17.4 Å². The molecular formula is C16H16F2N2O3. The largest absolute Gasteiger partial charge is 0.484 e. The Kier molecular flexibility index (Phi) is 5.99. The van der Waals surface area contributed by atoms with Crippen LogP contribution in [0.5, 0.6) is 5.75 Å². The smallest absolute Gasteiger partial charge is 0.257 e. The zero-order chi connectivity index (χ0) is 16.7. The normalized spacial score (nSPS) is 11.8. The van der Waals surface area contributed by atoms with Gasteiger partial charge in [-0.05, 0) is 11.6 Å². The van der Waals surface area contributed by atoms with Gasteiger partial charge >= 0.3 is 0 Å². The minimum absolute atomic E-state index is 0.0661. The SMILES string of the molecule is O=C(COc1cc(F)cc(F)c1)NC[C@@H](CO)c1cccnc1. The molecule has 0 radical (unpaired) electrons. The predicted octanol–water partition coefficient (Wildman–Crippen LogP) is 1.63. The third-order valence-electron chi connectivity index (χ3n) is 3.13. The van der Waals surface area contributed by atoms with Crippen molar-refractivity contribution < 1.29 is 23.4 Å². The first-order valence-electron chi connectivity index (χ1n) is 6.95. The van der Waals surface area contributed by atoms with E-state index >= 15 is 0 Å². The lowest BCUT2D eigenvalue weighted by Crippen LogP contribution is -2.33. The summed E-state index contributed by atoms with van der Waals surface area (Å²) < 4.78 is 31.0. The van der Waals surface area contributed by atoms with E-state index in [0.717, 1.165) is 17.7 Å². The van der Waals surface area contributed by atoms with Crippen molar-refractivity contribution in [3.05, 3.63) is 59.9 Å². The van der Waals surface area contributed by atoms with Crippen LogP contribution in [0.3, 0.4) is 0 Å².